The van der Waals surface area contributed by atoms with Gasteiger partial charge in [0.05, 0.1) is 5.69 Å². The maximum atomic E-state index is 5.84. The van der Waals surface area contributed by atoms with Gasteiger partial charge in [0.2, 0.25) is 0 Å². The zero-order valence-electron chi connectivity index (χ0n) is 9.60. The molecule has 0 spiro atoms. The maximum Gasteiger partial charge on any atom is 0.0650 e. The largest absolute Gasteiger partial charge is 0.329 e. The number of aromatic amines is 1. The monoisotopic (exact) mass is 235 g/mol. The number of nitrogens with one attached hydrogen (secondary N) is 1. The van der Waals surface area contributed by atoms with Crippen LogP contribution in [0.2, 0.25) is 0 Å². The molecule has 3 nitrogen and oxygen atoms in total. The van der Waals surface area contributed by atoms with E-state index in [1.165, 1.54) is 4.88 Å². The number of thiophene rings is 1. The molecule has 0 aliphatic rings. The summed E-state index contributed by atoms with van der Waals surface area (Å²) >= 11 is 1.74. The van der Waals surface area contributed by atoms with Crippen LogP contribution in [-0.2, 0) is 0 Å². The van der Waals surface area contributed by atoms with E-state index in [0.717, 1.165) is 11.4 Å². The van der Waals surface area contributed by atoms with Crippen molar-refractivity contribution in [2.75, 3.05) is 6.54 Å². The Morgan fingerprint density at radius 2 is 2.31 bits per heavy atom. The van der Waals surface area contributed by atoms with Gasteiger partial charge in [0.25, 0.3) is 0 Å². The van der Waals surface area contributed by atoms with Crippen molar-refractivity contribution >= 4 is 11.3 Å². The van der Waals surface area contributed by atoms with Crippen LogP contribution < -0.4 is 5.73 Å². The third kappa shape index (κ3) is 2.18. The summed E-state index contributed by atoms with van der Waals surface area (Å²) < 4.78 is 0. The van der Waals surface area contributed by atoms with Gasteiger partial charge in [-0.25, -0.2) is 0 Å². The van der Waals surface area contributed by atoms with Crippen molar-refractivity contribution in [3.8, 4) is 0 Å². The van der Waals surface area contributed by atoms with Gasteiger partial charge in [-0.1, -0.05) is 19.9 Å². The first kappa shape index (κ1) is 11.4. The van der Waals surface area contributed by atoms with E-state index in [0.29, 0.717) is 12.5 Å². The van der Waals surface area contributed by atoms with Gasteiger partial charge in [0, 0.05) is 23.0 Å². The van der Waals surface area contributed by atoms with Gasteiger partial charge in [-0.3, -0.25) is 5.10 Å². The Kier molecular flexibility index (Phi) is 3.41. The standard InChI is InChI=1S/C12H17N3S/c1-8(2)10-6-11(15-14-10)9(7-13)12-4-3-5-16-12/h3-6,8-9H,7,13H2,1-2H3,(H,14,15). The van der Waals surface area contributed by atoms with E-state index in [1.54, 1.807) is 11.3 Å². The van der Waals surface area contributed by atoms with Crippen LogP contribution in [0.15, 0.2) is 23.6 Å². The molecule has 0 aromatic carbocycles. The van der Waals surface area contributed by atoms with Crippen LogP contribution >= 0.6 is 11.3 Å². The lowest BCUT2D eigenvalue weighted by molar-refractivity contribution is 0.782. The molecule has 0 fully saturated rings. The van der Waals surface area contributed by atoms with Crippen LogP contribution in [0, 0.1) is 0 Å². The molecule has 86 valence electrons. The predicted octanol–water partition coefficient (Wildman–Crippen LogP) is 2.69. The summed E-state index contributed by atoms with van der Waals surface area (Å²) in [4.78, 5) is 1.29. The van der Waals surface area contributed by atoms with E-state index in [4.69, 9.17) is 5.73 Å². The molecule has 2 aromatic rings. The lowest BCUT2D eigenvalue weighted by Gasteiger charge is -2.09. The second-order valence-electron chi connectivity index (χ2n) is 4.21. The molecule has 0 saturated carbocycles. The molecule has 0 aliphatic heterocycles. The van der Waals surface area contributed by atoms with Crippen molar-refractivity contribution < 1.29 is 0 Å². The van der Waals surface area contributed by atoms with E-state index in [-0.39, 0.29) is 5.92 Å². The topological polar surface area (TPSA) is 54.7 Å². The Morgan fingerprint density at radius 1 is 1.50 bits per heavy atom. The van der Waals surface area contributed by atoms with Crippen molar-refractivity contribution in [1.29, 1.82) is 0 Å². The lowest BCUT2D eigenvalue weighted by atomic mass is 10.0. The third-order valence-corrected chi connectivity index (χ3v) is 3.69. The lowest BCUT2D eigenvalue weighted by Crippen LogP contribution is -2.13. The van der Waals surface area contributed by atoms with E-state index in [1.807, 2.05) is 0 Å². The van der Waals surface area contributed by atoms with E-state index < -0.39 is 0 Å². The van der Waals surface area contributed by atoms with E-state index in [2.05, 4.69) is 47.6 Å². The second kappa shape index (κ2) is 4.80. The molecular weight excluding hydrogens is 218 g/mol. The van der Waals surface area contributed by atoms with Crippen molar-refractivity contribution in [1.82, 2.24) is 10.2 Å². The number of rotatable bonds is 4. The fourth-order valence-corrected chi connectivity index (χ4v) is 2.57. The Labute approximate surface area is 99.7 Å². The Hall–Kier alpha value is -1.13. The number of H-pyrrole nitrogens is 1. The molecule has 0 saturated heterocycles. The van der Waals surface area contributed by atoms with Crippen LogP contribution in [0.25, 0.3) is 0 Å². The van der Waals surface area contributed by atoms with Crippen molar-refractivity contribution in [2.24, 2.45) is 5.73 Å². The molecule has 3 N–H and O–H groups in total. The summed E-state index contributed by atoms with van der Waals surface area (Å²) in [7, 11) is 0. The van der Waals surface area contributed by atoms with Gasteiger partial charge in [-0.2, -0.15) is 5.10 Å². The molecule has 4 heteroatoms. The molecule has 0 amide bonds. The van der Waals surface area contributed by atoms with Crippen molar-refractivity contribution in [3.05, 3.63) is 39.8 Å². The Morgan fingerprint density at radius 3 is 2.81 bits per heavy atom. The van der Waals surface area contributed by atoms with Gasteiger partial charge in [-0.05, 0) is 23.4 Å². The number of hydrogen-bond donors (Lipinski definition) is 2. The van der Waals surface area contributed by atoms with Crippen LogP contribution in [0.1, 0.15) is 41.9 Å². The number of nitrogens with zero attached hydrogens (tertiary/aromatic N) is 1. The van der Waals surface area contributed by atoms with Crippen molar-refractivity contribution in [3.63, 3.8) is 0 Å². The normalized spacial score (nSPS) is 13.2. The van der Waals surface area contributed by atoms with Crippen LogP contribution in [0.4, 0.5) is 0 Å². The predicted molar refractivity (Wildman–Crippen MR) is 67.9 cm³/mol. The first-order valence-electron chi connectivity index (χ1n) is 5.51. The van der Waals surface area contributed by atoms with Crippen LogP contribution in [0.5, 0.6) is 0 Å². The Balaban J connectivity index is 2.27. The molecule has 2 aromatic heterocycles. The minimum Gasteiger partial charge on any atom is -0.329 e. The van der Waals surface area contributed by atoms with Crippen LogP contribution in [-0.4, -0.2) is 16.7 Å². The molecule has 0 bridgehead atoms. The highest BCUT2D eigenvalue weighted by Gasteiger charge is 2.16. The molecule has 1 atom stereocenters. The summed E-state index contributed by atoms with van der Waals surface area (Å²) in [6.45, 7) is 4.89. The van der Waals surface area contributed by atoms with Gasteiger partial charge in [0.15, 0.2) is 0 Å². The van der Waals surface area contributed by atoms with E-state index >= 15 is 0 Å². The zero-order valence-corrected chi connectivity index (χ0v) is 10.4. The zero-order chi connectivity index (χ0) is 11.5. The van der Waals surface area contributed by atoms with Gasteiger partial charge >= 0.3 is 0 Å². The minimum atomic E-state index is 0.250. The quantitative estimate of drug-likeness (QED) is 0.856. The molecule has 0 aliphatic carbocycles. The molecule has 2 heterocycles. The second-order valence-corrected chi connectivity index (χ2v) is 5.19. The van der Waals surface area contributed by atoms with Gasteiger partial charge in [0.1, 0.15) is 0 Å². The number of aromatic nitrogens is 2. The van der Waals surface area contributed by atoms with Crippen LogP contribution in [0.3, 0.4) is 0 Å². The van der Waals surface area contributed by atoms with Gasteiger partial charge in [-0.15, -0.1) is 11.3 Å². The molecule has 1 unspecified atom stereocenters. The minimum absolute atomic E-state index is 0.250. The third-order valence-electron chi connectivity index (χ3n) is 2.71. The summed E-state index contributed by atoms with van der Waals surface area (Å²) in [5.41, 5.74) is 8.06. The summed E-state index contributed by atoms with van der Waals surface area (Å²) in [6, 6.07) is 6.31. The van der Waals surface area contributed by atoms with E-state index in [9.17, 15) is 0 Å². The molecule has 2 rings (SSSR count). The van der Waals surface area contributed by atoms with Crippen molar-refractivity contribution in [2.45, 2.75) is 25.7 Å². The number of hydrogen-bond acceptors (Lipinski definition) is 3. The molecule has 0 radical (unpaired) electrons. The maximum absolute atomic E-state index is 5.84. The average molecular weight is 235 g/mol. The highest BCUT2D eigenvalue weighted by atomic mass is 32.1. The summed E-state index contributed by atoms with van der Waals surface area (Å²) in [5, 5.41) is 9.50. The highest BCUT2D eigenvalue weighted by Crippen LogP contribution is 2.27. The first-order valence-corrected chi connectivity index (χ1v) is 6.39. The highest BCUT2D eigenvalue weighted by molar-refractivity contribution is 7.10. The first-order chi connectivity index (χ1) is 7.72. The van der Waals surface area contributed by atoms with Gasteiger partial charge < -0.3 is 5.73 Å². The summed E-state index contributed by atoms with van der Waals surface area (Å²) in [6.07, 6.45) is 0. The fourth-order valence-electron chi connectivity index (χ4n) is 1.71. The number of nitrogens with two attached hydrogens (primary N) is 1. The SMILES string of the molecule is CC(C)c1cc(C(CN)c2cccs2)[nH]n1. The Bertz CT molecular complexity index is 431. The summed E-state index contributed by atoms with van der Waals surface area (Å²) in [5.74, 6) is 0.701. The average Bonchev–Trinajstić information content (AvgIpc) is 2.88. The molecular formula is C12H17N3S. The fraction of sp³-hybridized carbons (Fsp3) is 0.417. The smallest absolute Gasteiger partial charge is 0.0650 e. The molecule has 16 heavy (non-hydrogen) atoms.